The minimum absolute atomic E-state index is 0.0169. The average molecular weight is 1100 g/mol. The summed E-state index contributed by atoms with van der Waals surface area (Å²) >= 11 is 7.20. The molecule has 0 bridgehead atoms. The van der Waals surface area contributed by atoms with Gasteiger partial charge in [-0.1, -0.05) is 55.1 Å². The molecule has 4 atom stereocenters. The van der Waals surface area contributed by atoms with Crippen molar-refractivity contribution in [2.75, 3.05) is 47.4 Å². The van der Waals surface area contributed by atoms with Gasteiger partial charge in [-0.2, -0.15) is 18.4 Å². The van der Waals surface area contributed by atoms with E-state index in [2.05, 4.69) is 37.2 Å². The fourth-order valence-corrected chi connectivity index (χ4v) is 11.5. The van der Waals surface area contributed by atoms with E-state index in [-0.39, 0.29) is 47.9 Å². The van der Waals surface area contributed by atoms with Crippen LogP contribution in [0.15, 0.2) is 101 Å². The van der Waals surface area contributed by atoms with Gasteiger partial charge in [0.1, 0.15) is 29.1 Å². The highest BCUT2D eigenvalue weighted by Crippen LogP contribution is 2.40. The number of alkyl halides is 3. The average Bonchev–Trinajstić information content (AvgIpc) is 4.40. The number of piperazine rings is 1. The summed E-state index contributed by atoms with van der Waals surface area (Å²) in [5, 5.41) is 27.2. The van der Waals surface area contributed by atoms with Crippen LogP contribution in [0, 0.1) is 42.9 Å². The summed E-state index contributed by atoms with van der Waals surface area (Å²) in [6.45, 7) is 12.5. The third-order valence-electron chi connectivity index (χ3n) is 14.3. The second-order valence-electron chi connectivity index (χ2n) is 20.4. The van der Waals surface area contributed by atoms with Crippen molar-refractivity contribution in [2.45, 2.75) is 90.2 Å². The number of thiocarbonyl (C=S) groups is 1. The zero-order valence-corrected chi connectivity index (χ0v) is 45.2. The number of thiazole rings is 1. The number of nitrogens with zero attached hydrogens (tertiary/aromatic N) is 9. The minimum atomic E-state index is -4.82. The fraction of sp³-hybridized carbons (Fsp3) is 0.351. The van der Waals surface area contributed by atoms with Gasteiger partial charge in [0, 0.05) is 68.2 Å². The number of benzene rings is 3. The van der Waals surface area contributed by atoms with Crippen LogP contribution in [-0.2, 0) is 25.4 Å². The van der Waals surface area contributed by atoms with Crippen LogP contribution in [0.1, 0.15) is 97.5 Å². The quantitative estimate of drug-likeness (QED) is 0.0879. The van der Waals surface area contributed by atoms with Gasteiger partial charge in [-0.15, -0.1) is 11.3 Å². The van der Waals surface area contributed by atoms with Crippen molar-refractivity contribution in [1.29, 1.82) is 5.26 Å². The zero-order valence-electron chi connectivity index (χ0n) is 43.5. The predicted molar refractivity (Wildman–Crippen MR) is 291 cm³/mol. The maximum Gasteiger partial charge on any atom is 0.417 e. The van der Waals surface area contributed by atoms with E-state index in [0.717, 1.165) is 33.2 Å². The monoisotopic (exact) mass is 1100 g/mol. The van der Waals surface area contributed by atoms with E-state index in [9.17, 15) is 42.7 Å². The number of anilines is 3. The van der Waals surface area contributed by atoms with Gasteiger partial charge in [-0.05, 0) is 112 Å². The number of aliphatic hydroxyl groups excluding tert-OH is 1. The van der Waals surface area contributed by atoms with Crippen molar-refractivity contribution in [1.82, 2.24) is 30.2 Å². The van der Waals surface area contributed by atoms with Gasteiger partial charge in [0.15, 0.2) is 5.11 Å². The molecule has 3 aromatic heterocycles. The number of nitrogens with one attached hydrogen (secondary N) is 1. The number of carbonyl (C=O) groups is 4. The molecule has 16 nitrogen and oxygen atoms in total. The van der Waals surface area contributed by atoms with Crippen molar-refractivity contribution in [3.63, 3.8) is 0 Å². The van der Waals surface area contributed by atoms with Gasteiger partial charge in [0.05, 0.1) is 63.2 Å². The summed E-state index contributed by atoms with van der Waals surface area (Å²) in [7, 11) is 0. The van der Waals surface area contributed by atoms with Crippen LogP contribution < -0.4 is 20.0 Å². The molecule has 0 aliphatic carbocycles. The Morgan fingerprint density at radius 1 is 0.936 bits per heavy atom. The van der Waals surface area contributed by atoms with Gasteiger partial charge in [-0.3, -0.25) is 24.1 Å². The van der Waals surface area contributed by atoms with Crippen molar-refractivity contribution < 1.29 is 42.0 Å². The Hall–Kier alpha value is -7.98. The molecule has 9 rings (SSSR count). The molecule has 402 valence electrons. The summed E-state index contributed by atoms with van der Waals surface area (Å²) in [6.07, 6.45) is -4.09. The SMILES string of the molecule is Cc1cc(C(C(=O)N2CC(O)CC2C(=O)NC(CC(=O)N2CCN(c3ccc(C#Cc4ccc(N5C(=S)N(c6ccc(C#N)c(C(F)(F)F)c6)C(=O)C5(C)C)cc4)cn3)CC2)c2ccc(-c3scnc3C)cc2)C(C)C)on1. The topological polar surface area (TPSA) is 192 Å². The lowest BCUT2D eigenvalue weighted by molar-refractivity contribution is -0.141. The second-order valence-corrected chi connectivity index (χ2v) is 21.6. The Morgan fingerprint density at radius 2 is 1.62 bits per heavy atom. The first-order valence-corrected chi connectivity index (χ1v) is 26.5. The maximum atomic E-state index is 14.3. The molecular formula is C57H55F3N10O6S2. The van der Waals surface area contributed by atoms with E-state index in [0.29, 0.717) is 65.8 Å². The molecule has 3 saturated heterocycles. The first-order chi connectivity index (χ1) is 37.1. The van der Waals surface area contributed by atoms with Gasteiger partial charge in [0.2, 0.25) is 17.7 Å². The number of aliphatic hydroxyl groups is 1. The van der Waals surface area contributed by atoms with Crippen LogP contribution >= 0.6 is 23.6 Å². The van der Waals surface area contributed by atoms with E-state index in [1.54, 1.807) is 78.7 Å². The molecule has 4 unspecified atom stereocenters. The van der Waals surface area contributed by atoms with Crippen LogP contribution in [0.3, 0.4) is 0 Å². The molecule has 2 N–H and O–H groups in total. The highest BCUT2D eigenvalue weighted by molar-refractivity contribution is 7.81. The normalized spacial score (nSPS) is 18.2. The summed E-state index contributed by atoms with van der Waals surface area (Å²) in [5.74, 6) is 4.91. The summed E-state index contributed by atoms with van der Waals surface area (Å²) < 4.78 is 47.0. The van der Waals surface area contributed by atoms with E-state index in [4.69, 9.17) is 16.7 Å². The summed E-state index contributed by atoms with van der Waals surface area (Å²) in [6, 6.07) is 22.9. The number of likely N-dealkylation sites (tertiary alicyclic amines) is 1. The molecule has 21 heteroatoms. The van der Waals surface area contributed by atoms with Gasteiger partial charge >= 0.3 is 6.18 Å². The van der Waals surface area contributed by atoms with E-state index in [1.807, 2.05) is 57.2 Å². The largest absolute Gasteiger partial charge is 0.417 e. The number of aromatic nitrogens is 3. The molecule has 6 heterocycles. The van der Waals surface area contributed by atoms with E-state index >= 15 is 0 Å². The Morgan fingerprint density at radius 3 is 2.22 bits per heavy atom. The number of aryl methyl sites for hydroxylation is 2. The first-order valence-electron chi connectivity index (χ1n) is 25.3. The molecule has 0 saturated carbocycles. The Kier molecular flexibility index (Phi) is 15.6. The Balaban J connectivity index is 0.837. The smallest absolute Gasteiger partial charge is 0.391 e. The van der Waals surface area contributed by atoms with Crippen molar-refractivity contribution >= 4 is 69.5 Å². The van der Waals surface area contributed by atoms with Crippen LogP contribution in [0.2, 0.25) is 0 Å². The summed E-state index contributed by atoms with van der Waals surface area (Å²) in [4.78, 5) is 74.4. The Labute approximate surface area is 458 Å². The number of pyridine rings is 1. The highest BCUT2D eigenvalue weighted by atomic mass is 32.1. The second kappa shape index (κ2) is 22.2. The number of nitriles is 1. The van der Waals surface area contributed by atoms with Crippen LogP contribution in [-0.4, -0.2) is 109 Å². The third-order valence-corrected chi connectivity index (χ3v) is 15.6. The van der Waals surface area contributed by atoms with Gasteiger partial charge < -0.3 is 34.5 Å². The van der Waals surface area contributed by atoms with Crippen LogP contribution in [0.5, 0.6) is 0 Å². The number of amides is 4. The molecule has 0 radical (unpaired) electrons. The van der Waals surface area contributed by atoms with E-state index < -0.39 is 58.8 Å². The number of halogens is 3. The first kappa shape index (κ1) is 54.8. The molecule has 0 spiro atoms. The molecule has 78 heavy (non-hydrogen) atoms. The fourth-order valence-electron chi connectivity index (χ4n) is 10.1. The lowest BCUT2D eigenvalue weighted by Crippen LogP contribution is -2.51. The molecule has 6 aromatic rings. The van der Waals surface area contributed by atoms with Crippen LogP contribution in [0.4, 0.5) is 30.4 Å². The van der Waals surface area contributed by atoms with Crippen molar-refractivity contribution in [2.24, 2.45) is 5.92 Å². The van der Waals surface area contributed by atoms with Gasteiger partial charge in [0.25, 0.3) is 5.91 Å². The van der Waals surface area contributed by atoms with E-state index in [1.165, 1.54) is 22.3 Å². The molecule has 3 fully saturated rings. The maximum absolute atomic E-state index is 14.3. The minimum Gasteiger partial charge on any atom is -0.391 e. The van der Waals surface area contributed by atoms with Crippen molar-refractivity contribution in [3.8, 4) is 28.4 Å². The number of β-amino-alcohol motifs (C(OH)–C–C–N with tert-alkyl or cyclic N) is 1. The molecule has 3 aliphatic rings. The molecule has 4 amide bonds. The molecule has 3 aromatic carbocycles. The highest BCUT2D eigenvalue weighted by Gasteiger charge is 2.51. The van der Waals surface area contributed by atoms with Crippen molar-refractivity contribution in [3.05, 3.63) is 142 Å². The molecule has 3 aliphatic heterocycles. The molecular weight excluding hydrogens is 1040 g/mol. The lowest BCUT2D eigenvalue weighted by Gasteiger charge is -2.36. The van der Waals surface area contributed by atoms with Gasteiger partial charge in [-0.25, -0.2) is 9.97 Å². The number of hydrogen-bond donors (Lipinski definition) is 2. The number of carbonyl (C=O) groups excluding carboxylic acids is 4. The summed E-state index contributed by atoms with van der Waals surface area (Å²) in [5.41, 5.74) is 3.70. The standard InChI is InChI=1S/C57H55F3N10O6S2/c1-33(2)50(47-25-34(3)65-76-47)53(74)68-31-43(71)27-46(68)52(73)64-45(38-12-14-39(15-13-38)51-35(4)63-32-78-51)28-49(72)67-23-21-66(22-24-67)48-20-11-37(30-62-48)8-7-36-9-17-41(18-10-36)70-55(77)69(54(75)56(70,5)6)42-19-16-40(29-61)44(26-42)57(58,59)60/h9-20,25-26,30,32-33,43,45-46,50,71H,21-24,27-28,31H2,1-6H3,(H,64,73). The predicted octanol–water partition coefficient (Wildman–Crippen LogP) is 8.31. The number of rotatable bonds is 12. The van der Waals surface area contributed by atoms with Crippen LogP contribution in [0.25, 0.3) is 10.4 Å². The Bertz CT molecular complexity index is 3370. The lowest BCUT2D eigenvalue weighted by atomic mass is 9.91. The zero-order chi connectivity index (χ0) is 55.8. The third kappa shape index (κ3) is 11.2. The number of hydrogen-bond acceptors (Lipinski definition) is 13.